The number of sulfonamides is 1. The van der Waals surface area contributed by atoms with E-state index in [0.29, 0.717) is 17.2 Å². The minimum absolute atomic E-state index is 0.0196. The summed E-state index contributed by atoms with van der Waals surface area (Å²) in [6.45, 7) is 4.23. The predicted octanol–water partition coefficient (Wildman–Crippen LogP) is 3.89. The Hall–Kier alpha value is -3.78. The number of methoxy groups -OCH3 is 1. The van der Waals surface area contributed by atoms with Gasteiger partial charge in [0.2, 0.25) is 0 Å². The van der Waals surface area contributed by atoms with Crippen LogP contribution in [0.5, 0.6) is 11.5 Å². The van der Waals surface area contributed by atoms with Crippen LogP contribution < -0.4 is 19.1 Å². The lowest BCUT2D eigenvalue weighted by Crippen LogP contribution is -2.32. The third-order valence-corrected chi connectivity index (χ3v) is 6.53. The number of ether oxygens (including phenoxy) is 2. The summed E-state index contributed by atoms with van der Waals surface area (Å²) in [5, 5.41) is 2.74. The first-order chi connectivity index (χ1) is 16.0. The number of para-hydroxylation sites is 3. The van der Waals surface area contributed by atoms with Gasteiger partial charge < -0.3 is 14.8 Å². The molecule has 3 aromatic rings. The van der Waals surface area contributed by atoms with E-state index in [1.807, 2.05) is 18.2 Å². The van der Waals surface area contributed by atoms with E-state index in [4.69, 9.17) is 9.47 Å². The zero-order valence-electron chi connectivity index (χ0n) is 18.3. The number of nitrogens with zero attached hydrogens (tertiary/aromatic N) is 1. The molecule has 3 aromatic carbocycles. The van der Waals surface area contributed by atoms with E-state index in [0.717, 1.165) is 0 Å². The molecule has 172 valence electrons. The third-order valence-electron chi connectivity index (χ3n) is 4.74. The maximum absolute atomic E-state index is 13.3. The molecule has 0 saturated carbocycles. The van der Waals surface area contributed by atoms with Crippen molar-refractivity contribution in [3.63, 3.8) is 0 Å². The SMILES string of the molecule is C=CCN(c1ccccc1)S(=O)(=O)c1cccc(C(=O)NCCOc2ccccc2OC)c1. The fourth-order valence-corrected chi connectivity index (χ4v) is 4.63. The van der Waals surface area contributed by atoms with Crippen molar-refractivity contribution in [2.45, 2.75) is 4.90 Å². The van der Waals surface area contributed by atoms with E-state index in [9.17, 15) is 13.2 Å². The lowest BCUT2D eigenvalue weighted by Gasteiger charge is -2.23. The van der Waals surface area contributed by atoms with Crippen molar-refractivity contribution < 1.29 is 22.7 Å². The number of amides is 1. The monoisotopic (exact) mass is 466 g/mol. The molecule has 3 rings (SSSR count). The summed E-state index contributed by atoms with van der Waals surface area (Å²) < 4.78 is 38.7. The lowest BCUT2D eigenvalue weighted by molar-refractivity contribution is 0.0946. The molecule has 0 aliphatic heterocycles. The Morgan fingerprint density at radius 2 is 1.70 bits per heavy atom. The Kier molecular flexibility index (Phi) is 8.10. The molecular weight excluding hydrogens is 440 g/mol. The molecule has 0 aromatic heterocycles. The van der Waals surface area contributed by atoms with Crippen LogP contribution in [0.25, 0.3) is 0 Å². The molecular formula is C25H26N2O5S. The molecule has 0 saturated heterocycles. The number of anilines is 1. The summed E-state index contributed by atoms with van der Waals surface area (Å²) in [7, 11) is -2.34. The van der Waals surface area contributed by atoms with Gasteiger partial charge in [-0.25, -0.2) is 8.42 Å². The minimum atomic E-state index is -3.90. The van der Waals surface area contributed by atoms with Gasteiger partial charge in [-0.2, -0.15) is 0 Å². The van der Waals surface area contributed by atoms with E-state index in [1.165, 1.54) is 22.5 Å². The Balaban J connectivity index is 1.69. The zero-order valence-corrected chi connectivity index (χ0v) is 19.1. The van der Waals surface area contributed by atoms with Gasteiger partial charge in [-0.05, 0) is 42.5 Å². The minimum Gasteiger partial charge on any atom is -0.493 e. The molecule has 0 atom stereocenters. The van der Waals surface area contributed by atoms with Crippen molar-refractivity contribution in [1.82, 2.24) is 5.32 Å². The largest absolute Gasteiger partial charge is 0.493 e. The van der Waals surface area contributed by atoms with Gasteiger partial charge in [-0.15, -0.1) is 6.58 Å². The lowest BCUT2D eigenvalue weighted by atomic mass is 10.2. The van der Waals surface area contributed by atoms with Gasteiger partial charge in [0.25, 0.3) is 15.9 Å². The van der Waals surface area contributed by atoms with Crippen molar-refractivity contribution in [2.75, 3.05) is 31.1 Å². The van der Waals surface area contributed by atoms with Crippen LogP contribution in [0.15, 0.2) is 96.4 Å². The van der Waals surface area contributed by atoms with Crippen LogP contribution in [-0.4, -0.2) is 41.1 Å². The fraction of sp³-hybridized carbons (Fsp3) is 0.160. The highest BCUT2D eigenvalue weighted by atomic mass is 32.2. The van der Waals surface area contributed by atoms with Crippen molar-refractivity contribution in [3.05, 3.63) is 97.1 Å². The van der Waals surface area contributed by atoms with Gasteiger partial charge in [0.1, 0.15) is 6.61 Å². The van der Waals surface area contributed by atoms with Gasteiger partial charge >= 0.3 is 0 Å². The van der Waals surface area contributed by atoms with E-state index in [2.05, 4.69) is 11.9 Å². The summed E-state index contributed by atoms with van der Waals surface area (Å²) in [6, 6.07) is 21.9. The quantitative estimate of drug-likeness (QED) is 0.342. The van der Waals surface area contributed by atoms with Crippen molar-refractivity contribution in [1.29, 1.82) is 0 Å². The van der Waals surface area contributed by atoms with Gasteiger partial charge in [-0.3, -0.25) is 9.10 Å². The molecule has 0 spiro atoms. The molecule has 0 unspecified atom stereocenters. The molecule has 33 heavy (non-hydrogen) atoms. The van der Waals surface area contributed by atoms with Gasteiger partial charge in [0.15, 0.2) is 11.5 Å². The van der Waals surface area contributed by atoms with Gasteiger partial charge in [0.05, 0.1) is 30.8 Å². The normalized spacial score (nSPS) is 10.8. The van der Waals surface area contributed by atoms with Crippen LogP contribution in [0.3, 0.4) is 0 Å². The molecule has 0 bridgehead atoms. The maximum atomic E-state index is 13.3. The number of hydrogen-bond donors (Lipinski definition) is 1. The summed E-state index contributed by atoms with van der Waals surface area (Å²) in [6.07, 6.45) is 1.52. The molecule has 0 fully saturated rings. The summed E-state index contributed by atoms with van der Waals surface area (Å²) in [4.78, 5) is 12.6. The summed E-state index contributed by atoms with van der Waals surface area (Å²) in [5.74, 6) is 0.778. The predicted molar refractivity (Wildman–Crippen MR) is 128 cm³/mol. The highest BCUT2D eigenvalue weighted by Gasteiger charge is 2.24. The van der Waals surface area contributed by atoms with Crippen LogP contribution in [-0.2, 0) is 10.0 Å². The average Bonchev–Trinajstić information content (AvgIpc) is 2.85. The van der Waals surface area contributed by atoms with E-state index in [1.54, 1.807) is 55.6 Å². The molecule has 0 aliphatic carbocycles. The van der Waals surface area contributed by atoms with Crippen LogP contribution in [0.2, 0.25) is 0 Å². The van der Waals surface area contributed by atoms with E-state index < -0.39 is 15.9 Å². The number of carbonyl (C=O) groups is 1. The van der Waals surface area contributed by atoms with Crippen LogP contribution in [0.4, 0.5) is 5.69 Å². The highest BCUT2D eigenvalue weighted by Crippen LogP contribution is 2.26. The summed E-state index contributed by atoms with van der Waals surface area (Å²) in [5.41, 5.74) is 0.751. The first-order valence-corrected chi connectivity index (χ1v) is 11.7. The molecule has 1 N–H and O–H groups in total. The number of rotatable bonds is 11. The highest BCUT2D eigenvalue weighted by molar-refractivity contribution is 7.92. The maximum Gasteiger partial charge on any atom is 0.264 e. The second-order valence-corrected chi connectivity index (χ2v) is 8.81. The van der Waals surface area contributed by atoms with E-state index in [-0.39, 0.29) is 30.2 Å². The second-order valence-electron chi connectivity index (χ2n) is 6.94. The Bertz CT molecular complexity index is 1200. The van der Waals surface area contributed by atoms with Gasteiger partial charge in [-0.1, -0.05) is 42.5 Å². The van der Waals surface area contributed by atoms with Crippen LogP contribution in [0, 0.1) is 0 Å². The molecule has 0 heterocycles. The number of hydrogen-bond acceptors (Lipinski definition) is 5. The molecule has 8 heteroatoms. The third kappa shape index (κ3) is 5.93. The van der Waals surface area contributed by atoms with Crippen molar-refractivity contribution in [3.8, 4) is 11.5 Å². The molecule has 0 radical (unpaired) electrons. The standard InChI is InChI=1S/C25H26N2O5S/c1-3-17-27(21-11-5-4-6-12-21)33(29,30)22-13-9-10-20(19-22)25(28)26-16-18-32-24-15-8-7-14-23(24)31-2/h3-15,19H,1,16-18H2,2H3,(H,26,28). The van der Waals surface area contributed by atoms with E-state index >= 15 is 0 Å². The topological polar surface area (TPSA) is 84.9 Å². The second kappa shape index (κ2) is 11.2. The summed E-state index contributed by atoms with van der Waals surface area (Å²) >= 11 is 0. The van der Waals surface area contributed by atoms with Gasteiger partial charge in [0, 0.05) is 5.56 Å². The Morgan fingerprint density at radius 3 is 2.39 bits per heavy atom. The average molecular weight is 467 g/mol. The number of benzene rings is 3. The van der Waals surface area contributed by atoms with Crippen LogP contribution >= 0.6 is 0 Å². The number of carbonyl (C=O) groups excluding carboxylic acids is 1. The molecule has 0 aliphatic rings. The molecule has 7 nitrogen and oxygen atoms in total. The number of nitrogens with one attached hydrogen (secondary N) is 1. The Labute approximate surface area is 194 Å². The fourth-order valence-electron chi connectivity index (χ4n) is 3.14. The first kappa shape index (κ1) is 23.9. The van der Waals surface area contributed by atoms with Crippen LogP contribution in [0.1, 0.15) is 10.4 Å². The van der Waals surface area contributed by atoms with Crippen molar-refractivity contribution >= 4 is 21.6 Å². The molecule has 1 amide bonds. The van der Waals surface area contributed by atoms with Crippen molar-refractivity contribution in [2.24, 2.45) is 0 Å². The first-order valence-electron chi connectivity index (χ1n) is 10.3. The Morgan fingerprint density at radius 1 is 1.00 bits per heavy atom. The smallest absolute Gasteiger partial charge is 0.264 e. The zero-order chi connectivity index (χ0) is 23.7.